The van der Waals surface area contributed by atoms with Crippen molar-refractivity contribution in [1.29, 1.82) is 0 Å². The lowest BCUT2D eigenvalue weighted by Crippen LogP contribution is -2.29. The van der Waals surface area contributed by atoms with Crippen molar-refractivity contribution in [2.75, 3.05) is 13.1 Å². The number of hydrogen-bond acceptors (Lipinski definition) is 4. The first kappa shape index (κ1) is 15.7. The minimum absolute atomic E-state index is 0.0216. The predicted octanol–water partition coefficient (Wildman–Crippen LogP) is 3.04. The van der Waals surface area contributed by atoms with E-state index in [0.717, 1.165) is 37.1 Å². The second-order valence-electron chi connectivity index (χ2n) is 6.69. The Balaban J connectivity index is 1.43. The van der Waals surface area contributed by atoms with Crippen LogP contribution < -0.4 is 0 Å². The van der Waals surface area contributed by atoms with Crippen molar-refractivity contribution in [2.45, 2.75) is 19.8 Å². The molecule has 1 aliphatic heterocycles. The standard InChI is InChI=1S/C20H20N4O/c1-14-10-22-19(12-21-14)20(25)24-7-6-15(13-24)8-16-9-17-4-2-3-5-18(17)23-11-16/h2-5,9-12,15H,6-8,13H2,1H3/t15-/m1/s1. The van der Waals surface area contributed by atoms with Crippen LogP contribution in [0, 0.1) is 12.8 Å². The number of fused-ring (bicyclic) bond motifs is 1. The summed E-state index contributed by atoms with van der Waals surface area (Å²) in [6.45, 7) is 3.41. The highest BCUT2D eigenvalue weighted by molar-refractivity contribution is 5.92. The number of para-hydroxylation sites is 1. The molecule has 1 aliphatic rings. The molecule has 0 unspecified atom stereocenters. The van der Waals surface area contributed by atoms with Gasteiger partial charge in [0, 0.05) is 30.9 Å². The van der Waals surface area contributed by atoms with E-state index < -0.39 is 0 Å². The Morgan fingerprint density at radius 2 is 2.04 bits per heavy atom. The van der Waals surface area contributed by atoms with Crippen LogP contribution in [0.5, 0.6) is 0 Å². The number of pyridine rings is 1. The summed E-state index contributed by atoms with van der Waals surface area (Å²) in [5.74, 6) is 0.442. The lowest BCUT2D eigenvalue weighted by molar-refractivity contribution is 0.0781. The molecule has 1 atom stereocenters. The van der Waals surface area contributed by atoms with Crippen molar-refractivity contribution in [1.82, 2.24) is 19.9 Å². The van der Waals surface area contributed by atoms with E-state index in [4.69, 9.17) is 0 Å². The van der Waals surface area contributed by atoms with Crippen LogP contribution in [-0.2, 0) is 6.42 Å². The normalized spacial score (nSPS) is 17.2. The molecule has 0 N–H and O–H groups in total. The Morgan fingerprint density at radius 3 is 2.88 bits per heavy atom. The Labute approximate surface area is 146 Å². The number of nitrogens with zero attached hydrogens (tertiary/aromatic N) is 4. The van der Waals surface area contributed by atoms with Crippen LogP contribution in [0.4, 0.5) is 0 Å². The highest BCUT2D eigenvalue weighted by atomic mass is 16.2. The number of hydrogen-bond donors (Lipinski definition) is 0. The van der Waals surface area contributed by atoms with Crippen molar-refractivity contribution in [3.8, 4) is 0 Å². The minimum atomic E-state index is -0.0216. The van der Waals surface area contributed by atoms with Crippen molar-refractivity contribution in [3.05, 3.63) is 65.9 Å². The molecule has 126 valence electrons. The zero-order valence-electron chi connectivity index (χ0n) is 14.2. The first-order valence-corrected chi connectivity index (χ1v) is 8.60. The van der Waals surface area contributed by atoms with Gasteiger partial charge in [0.2, 0.25) is 0 Å². The summed E-state index contributed by atoms with van der Waals surface area (Å²) < 4.78 is 0. The number of benzene rings is 1. The number of carbonyl (C=O) groups excluding carboxylic acids is 1. The molecule has 0 radical (unpaired) electrons. The van der Waals surface area contributed by atoms with Crippen molar-refractivity contribution >= 4 is 16.8 Å². The topological polar surface area (TPSA) is 59.0 Å². The van der Waals surface area contributed by atoms with E-state index in [0.29, 0.717) is 11.6 Å². The fraction of sp³-hybridized carbons (Fsp3) is 0.300. The fourth-order valence-electron chi connectivity index (χ4n) is 3.41. The number of carbonyl (C=O) groups is 1. The van der Waals surface area contributed by atoms with E-state index in [-0.39, 0.29) is 5.91 Å². The van der Waals surface area contributed by atoms with Crippen LogP contribution in [0.2, 0.25) is 0 Å². The number of aromatic nitrogens is 3. The zero-order valence-corrected chi connectivity index (χ0v) is 14.2. The molecule has 1 saturated heterocycles. The Hall–Kier alpha value is -2.82. The molecule has 4 rings (SSSR count). The lowest BCUT2D eigenvalue weighted by atomic mass is 9.99. The molecule has 3 aromatic rings. The zero-order chi connectivity index (χ0) is 17.2. The number of rotatable bonds is 3. The minimum Gasteiger partial charge on any atom is -0.337 e. The molecule has 0 saturated carbocycles. The van der Waals surface area contributed by atoms with Gasteiger partial charge in [-0.1, -0.05) is 18.2 Å². The van der Waals surface area contributed by atoms with E-state index in [2.05, 4.69) is 27.1 Å². The maximum Gasteiger partial charge on any atom is 0.274 e. The van der Waals surface area contributed by atoms with Gasteiger partial charge in [-0.15, -0.1) is 0 Å². The van der Waals surface area contributed by atoms with E-state index in [9.17, 15) is 4.79 Å². The highest BCUT2D eigenvalue weighted by Crippen LogP contribution is 2.23. The fourth-order valence-corrected chi connectivity index (χ4v) is 3.41. The van der Waals surface area contributed by atoms with Gasteiger partial charge in [-0.25, -0.2) is 4.98 Å². The van der Waals surface area contributed by atoms with Gasteiger partial charge in [-0.3, -0.25) is 14.8 Å². The van der Waals surface area contributed by atoms with Crippen molar-refractivity contribution in [2.24, 2.45) is 5.92 Å². The molecule has 3 heterocycles. The second kappa shape index (κ2) is 6.59. The van der Waals surface area contributed by atoms with Gasteiger partial charge in [0.05, 0.1) is 17.4 Å². The molecule has 0 aliphatic carbocycles. The Bertz CT molecular complexity index is 907. The van der Waals surface area contributed by atoms with Gasteiger partial charge in [0.15, 0.2) is 0 Å². The summed E-state index contributed by atoms with van der Waals surface area (Å²) in [6, 6.07) is 10.4. The third-order valence-corrected chi connectivity index (χ3v) is 4.74. The smallest absolute Gasteiger partial charge is 0.274 e. The summed E-state index contributed by atoms with van der Waals surface area (Å²) in [6.07, 6.45) is 7.12. The molecule has 1 aromatic carbocycles. The maximum absolute atomic E-state index is 12.5. The van der Waals surface area contributed by atoms with Crippen LogP contribution in [0.1, 0.15) is 28.2 Å². The Kier molecular flexibility index (Phi) is 4.14. The molecule has 1 fully saturated rings. The van der Waals surface area contributed by atoms with Crippen LogP contribution in [0.25, 0.3) is 10.9 Å². The summed E-state index contributed by atoms with van der Waals surface area (Å²) in [4.78, 5) is 27.3. The number of likely N-dealkylation sites (tertiary alicyclic amines) is 1. The summed E-state index contributed by atoms with van der Waals surface area (Å²) in [7, 11) is 0. The third kappa shape index (κ3) is 3.36. The maximum atomic E-state index is 12.5. The van der Waals surface area contributed by atoms with Crippen LogP contribution in [-0.4, -0.2) is 38.8 Å². The van der Waals surface area contributed by atoms with E-state index in [1.54, 1.807) is 12.4 Å². The number of amides is 1. The van der Waals surface area contributed by atoms with Gasteiger partial charge in [-0.05, 0) is 43.4 Å². The molecular weight excluding hydrogens is 312 g/mol. The van der Waals surface area contributed by atoms with Crippen LogP contribution in [0.15, 0.2) is 48.9 Å². The summed E-state index contributed by atoms with van der Waals surface area (Å²) in [5.41, 5.74) is 3.50. The Morgan fingerprint density at radius 1 is 1.16 bits per heavy atom. The van der Waals surface area contributed by atoms with Gasteiger partial charge < -0.3 is 4.90 Å². The van der Waals surface area contributed by atoms with Gasteiger partial charge in [0.25, 0.3) is 5.91 Å². The van der Waals surface area contributed by atoms with Gasteiger partial charge >= 0.3 is 0 Å². The molecule has 1 amide bonds. The van der Waals surface area contributed by atoms with E-state index >= 15 is 0 Å². The van der Waals surface area contributed by atoms with Gasteiger partial charge in [-0.2, -0.15) is 0 Å². The van der Waals surface area contributed by atoms with Crippen molar-refractivity contribution < 1.29 is 4.79 Å². The summed E-state index contributed by atoms with van der Waals surface area (Å²) in [5, 5.41) is 1.17. The third-order valence-electron chi connectivity index (χ3n) is 4.74. The monoisotopic (exact) mass is 332 g/mol. The molecule has 5 nitrogen and oxygen atoms in total. The first-order chi connectivity index (χ1) is 12.2. The van der Waals surface area contributed by atoms with E-state index in [1.807, 2.05) is 36.2 Å². The average molecular weight is 332 g/mol. The first-order valence-electron chi connectivity index (χ1n) is 8.60. The largest absolute Gasteiger partial charge is 0.337 e. The van der Waals surface area contributed by atoms with Crippen molar-refractivity contribution in [3.63, 3.8) is 0 Å². The molecule has 2 aromatic heterocycles. The predicted molar refractivity (Wildman–Crippen MR) is 96.2 cm³/mol. The summed E-state index contributed by atoms with van der Waals surface area (Å²) >= 11 is 0. The molecule has 5 heteroatoms. The molecule has 0 spiro atoms. The van der Waals surface area contributed by atoms with E-state index in [1.165, 1.54) is 10.9 Å². The second-order valence-corrected chi connectivity index (χ2v) is 6.69. The van der Waals surface area contributed by atoms with Crippen LogP contribution >= 0.6 is 0 Å². The SMILES string of the molecule is Cc1cnc(C(=O)N2CC[C@H](Cc3cnc4ccccc4c3)C2)cn1. The average Bonchev–Trinajstić information content (AvgIpc) is 3.10. The number of aryl methyl sites for hydroxylation is 1. The molecular formula is C20H20N4O. The molecule has 0 bridgehead atoms. The van der Waals surface area contributed by atoms with Gasteiger partial charge in [0.1, 0.15) is 5.69 Å². The highest BCUT2D eigenvalue weighted by Gasteiger charge is 2.27. The quantitative estimate of drug-likeness (QED) is 0.740. The van der Waals surface area contributed by atoms with Crippen LogP contribution in [0.3, 0.4) is 0 Å². The molecule has 25 heavy (non-hydrogen) atoms. The lowest BCUT2D eigenvalue weighted by Gasteiger charge is -2.16.